The van der Waals surface area contributed by atoms with E-state index >= 15 is 0 Å². The first-order valence-electron chi connectivity index (χ1n) is 12.1. The van der Waals surface area contributed by atoms with E-state index in [1.165, 1.54) is 17.3 Å². The maximum atomic E-state index is 13.3. The fraction of sp³-hybridized carbons (Fsp3) is 0.407. The molecule has 1 amide bonds. The predicted molar refractivity (Wildman–Crippen MR) is 138 cm³/mol. The van der Waals surface area contributed by atoms with Gasteiger partial charge in [-0.2, -0.15) is 0 Å². The molecule has 1 fully saturated rings. The number of rotatable bonds is 6. The Kier molecular flexibility index (Phi) is 6.75. The van der Waals surface area contributed by atoms with Gasteiger partial charge in [-0.1, -0.05) is 48.5 Å². The average molecular weight is 494 g/mol. The van der Waals surface area contributed by atoms with Gasteiger partial charge in [-0.3, -0.25) is 19.4 Å². The van der Waals surface area contributed by atoms with E-state index in [4.69, 9.17) is 9.47 Å². The molecule has 5 rings (SSSR count). The highest BCUT2D eigenvalue weighted by atomic mass is 32.2. The van der Waals surface area contributed by atoms with Crippen LogP contribution in [0.2, 0.25) is 0 Å². The number of para-hydroxylation sites is 1. The second-order valence-electron chi connectivity index (χ2n) is 9.69. The van der Waals surface area contributed by atoms with Crippen LogP contribution in [0.3, 0.4) is 0 Å². The van der Waals surface area contributed by atoms with Gasteiger partial charge in [0.05, 0.1) is 34.8 Å². The normalized spacial score (nSPS) is 21.6. The van der Waals surface area contributed by atoms with E-state index in [0.717, 1.165) is 30.6 Å². The summed E-state index contributed by atoms with van der Waals surface area (Å²) in [5.41, 5.74) is 2.21. The van der Waals surface area contributed by atoms with Crippen molar-refractivity contribution in [2.24, 2.45) is 0 Å². The van der Waals surface area contributed by atoms with Crippen molar-refractivity contribution < 1.29 is 14.3 Å². The number of hydrogen-bond acceptors (Lipinski definition) is 5. The van der Waals surface area contributed by atoms with Crippen LogP contribution in [-0.2, 0) is 16.0 Å². The number of fused-ring (bicyclic) bond motifs is 1. The first-order valence-corrected chi connectivity index (χ1v) is 13.1. The molecule has 2 aromatic carbocycles. The van der Waals surface area contributed by atoms with Gasteiger partial charge in [0.2, 0.25) is 5.91 Å². The van der Waals surface area contributed by atoms with Crippen molar-refractivity contribution in [3.63, 3.8) is 0 Å². The lowest BCUT2D eigenvalue weighted by molar-refractivity contribution is -0.113. The van der Waals surface area contributed by atoms with Crippen molar-refractivity contribution >= 4 is 23.5 Å². The highest BCUT2D eigenvalue weighted by Crippen LogP contribution is 2.44. The van der Waals surface area contributed by atoms with E-state index in [1.54, 1.807) is 0 Å². The van der Waals surface area contributed by atoms with E-state index in [0.29, 0.717) is 24.6 Å². The zero-order valence-corrected chi connectivity index (χ0v) is 20.9. The molecule has 1 aromatic heterocycles. The topological polar surface area (TPSA) is 85.4 Å². The Balaban J connectivity index is 1.47. The lowest BCUT2D eigenvalue weighted by atomic mass is 9.94. The van der Waals surface area contributed by atoms with Gasteiger partial charge in [-0.25, -0.2) is 0 Å². The molecule has 2 N–H and O–H groups in total. The SMILES string of the molecule is CC1(C)C[C@H](n2[nH]c(=O)c3c2NC(=O)CS[C@@H]3c2ccccc2OCCc2ccccc2)CCO1. The van der Waals surface area contributed by atoms with Gasteiger partial charge in [0.1, 0.15) is 11.6 Å². The molecule has 3 aromatic rings. The Bertz CT molecular complexity index is 1250. The van der Waals surface area contributed by atoms with Crippen molar-refractivity contribution in [2.45, 2.75) is 50.0 Å². The Labute approximate surface area is 209 Å². The first kappa shape index (κ1) is 23.8. The molecule has 35 heavy (non-hydrogen) atoms. The summed E-state index contributed by atoms with van der Waals surface area (Å²) in [7, 11) is 0. The molecule has 0 bridgehead atoms. The third-order valence-electron chi connectivity index (χ3n) is 6.59. The molecular formula is C27H31N3O4S. The molecule has 2 atom stereocenters. The summed E-state index contributed by atoms with van der Waals surface area (Å²) < 4.78 is 13.9. The summed E-state index contributed by atoms with van der Waals surface area (Å²) in [6.07, 6.45) is 2.30. The van der Waals surface area contributed by atoms with Gasteiger partial charge in [-0.15, -0.1) is 11.8 Å². The summed E-state index contributed by atoms with van der Waals surface area (Å²) in [6, 6.07) is 18.1. The van der Waals surface area contributed by atoms with Crippen molar-refractivity contribution in [3.05, 3.63) is 81.6 Å². The van der Waals surface area contributed by atoms with Crippen LogP contribution in [0.25, 0.3) is 0 Å². The molecule has 0 aliphatic carbocycles. The van der Waals surface area contributed by atoms with E-state index < -0.39 is 0 Å². The first-order chi connectivity index (χ1) is 16.9. The predicted octanol–water partition coefficient (Wildman–Crippen LogP) is 4.70. The van der Waals surface area contributed by atoms with Crippen LogP contribution in [0.4, 0.5) is 5.82 Å². The van der Waals surface area contributed by atoms with Crippen LogP contribution in [0.15, 0.2) is 59.4 Å². The summed E-state index contributed by atoms with van der Waals surface area (Å²) in [5, 5.41) is 5.72. The molecular weight excluding hydrogens is 462 g/mol. The molecule has 8 heteroatoms. The minimum atomic E-state index is -0.324. The number of hydrogen-bond donors (Lipinski definition) is 2. The van der Waals surface area contributed by atoms with E-state index in [-0.39, 0.29) is 34.1 Å². The molecule has 184 valence electrons. The van der Waals surface area contributed by atoms with Crippen LogP contribution in [0, 0.1) is 0 Å². The van der Waals surface area contributed by atoms with Crippen LogP contribution < -0.4 is 15.6 Å². The molecule has 0 spiro atoms. The second kappa shape index (κ2) is 9.95. The summed E-state index contributed by atoms with van der Waals surface area (Å²) in [6.45, 7) is 5.24. The fourth-order valence-corrected chi connectivity index (χ4v) is 6.09. The lowest BCUT2D eigenvalue weighted by Gasteiger charge is -2.36. The number of aromatic amines is 1. The van der Waals surface area contributed by atoms with E-state index in [1.807, 2.05) is 47.1 Å². The summed E-state index contributed by atoms with van der Waals surface area (Å²) >= 11 is 1.46. The quantitative estimate of drug-likeness (QED) is 0.520. The zero-order valence-electron chi connectivity index (χ0n) is 20.1. The fourth-order valence-electron chi connectivity index (χ4n) is 4.94. The second-order valence-corrected chi connectivity index (χ2v) is 10.8. The standard InChI is InChI=1S/C27H31N3O4S/c1-27(2)16-19(13-15-34-27)30-25-23(26(32)29-30)24(35-17-22(31)28-25)20-10-6-7-11-21(20)33-14-12-18-8-4-3-5-9-18/h3-11,19,24H,12-17H2,1-2H3,(H,28,31)(H,29,32)/t19-,24-/m1/s1. The third-order valence-corrected chi connectivity index (χ3v) is 7.84. The highest BCUT2D eigenvalue weighted by Gasteiger charge is 2.36. The van der Waals surface area contributed by atoms with Crippen molar-refractivity contribution in [1.29, 1.82) is 0 Å². The van der Waals surface area contributed by atoms with Gasteiger partial charge in [0.15, 0.2) is 0 Å². The number of benzene rings is 2. The number of anilines is 1. The minimum Gasteiger partial charge on any atom is -0.493 e. The van der Waals surface area contributed by atoms with Crippen LogP contribution in [0.1, 0.15) is 54.7 Å². The molecule has 0 radical (unpaired) electrons. The number of H-pyrrole nitrogens is 1. The molecule has 7 nitrogen and oxygen atoms in total. The lowest BCUT2D eigenvalue weighted by Crippen LogP contribution is -2.36. The van der Waals surface area contributed by atoms with Gasteiger partial charge >= 0.3 is 0 Å². The minimum absolute atomic E-state index is 0.0385. The zero-order chi connectivity index (χ0) is 24.4. The largest absolute Gasteiger partial charge is 0.493 e. The number of aromatic nitrogens is 2. The number of amides is 1. The molecule has 1 saturated heterocycles. The molecule has 3 heterocycles. The maximum Gasteiger partial charge on any atom is 0.270 e. The Morgan fingerprint density at radius 2 is 1.89 bits per heavy atom. The Morgan fingerprint density at radius 3 is 2.69 bits per heavy atom. The summed E-state index contributed by atoms with van der Waals surface area (Å²) in [4.78, 5) is 26.0. The number of nitrogens with zero attached hydrogens (tertiary/aromatic N) is 1. The third kappa shape index (κ3) is 5.18. The van der Waals surface area contributed by atoms with Gasteiger partial charge in [0, 0.05) is 18.6 Å². The number of nitrogens with one attached hydrogen (secondary N) is 2. The summed E-state index contributed by atoms with van der Waals surface area (Å²) in [5.74, 6) is 1.45. The Hall–Kier alpha value is -2.97. The molecule has 0 unspecified atom stereocenters. The van der Waals surface area contributed by atoms with Crippen LogP contribution in [0.5, 0.6) is 5.75 Å². The van der Waals surface area contributed by atoms with Crippen molar-refractivity contribution in [1.82, 2.24) is 9.78 Å². The van der Waals surface area contributed by atoms with E-state index in [2.05, 4.69) is 36.4 Å². The van der Waals surface area contributed by atoms with Crippen LogP contribution >= 0.6 is 11.8 Å². The molecule has 0 saturated carbocycles. The smallest absolute Gasteiger partial charge is 0.270 e. The number of carbonyl (C=O) groups excluding carboxylic acids is 1. The van der Waals surface area contributed by atoms with E-state index in [9.17, 15) is 9.59 Å². The molecule has 2 aliphatic rings. The average Bonchev–Trinajstić information content (AvgIpc) is 3.05. The highest BCUT2D eigenvalue weighted by molar-refractivity contribution is 8.00. The van der Waals surface area contributed by atoms with Gasteiger partial charge in [0.25, 0.3) is 5.56 Å². The van der Waals surface area contributed by atoms with Gasteiger partial charge in [-0.05, 0) is 38.3 Å². The number of thioether (sulfide) groups is 1. The Morgan fingerprint density at radius 1 is 1.11 bits per heavy atom. The molecule has 2 aliphatic heterocycles. The van der Waals surface area contributed by atoms with Crippen molar-refractivity contribution in [2.75, 3.05) is 24.3 Å². The van der Waals surface area contributed by atoms with Gasteiger partial charge < -0.3 is 14.8 Å². The maximum absolute atomic E-state index is 13.3. The van der Waals surface area contributed by atoms with Crippen molar-refractivity contribution in [3.8, 4) is 5.75 Å². The monoisotopic (exact) mass is 493 g/mol. The number of carbonyl (C=O) groups is 1. The van der Waals surface area contributed by atoms with Crippen LogP contribution in [-0.4, -0.2) is 40.3 Å². The number of ether oxygens (including phenoxy) is 2.